The Morgan fingerprint density at radius 1 is 1.03 bits per heavy atom. The lowest BCUT2D eigenvalue weighted by Crippen LogP contribution is -2.47. The van der Waals surface area contributed by atoms with E-state index in [0.29, 0.717) is 19.3 Å². The number of benzene rings is 2. The molecule has 2 amide bonds. The van der Waals surface area contributed by atoms with E-state index >= 15 is 0 Å². The number of carboxylic acids is 1. The van der Waals surface area contributed by atoms with Crippen LogP contribution in [0.4, 0.5) is 0 Å². The molecule has 0 radical (unpaired) electrons. The Bertz CT molecular complexity index is 860. The Balaban J connectivity index is 1.63. The molecule has 1 aliphatic rings. The fraction of sp³-hybridized carbons (Fsp3) is 0.318. The van der Waals surface area contributed by atoms with Crippen molar-refractivity contribution >= 4 is 30.4 Å². The maximum absolute atomic E-state index is 12.9. The Kier molecular flexibility index (Phi) is 6.93. The van der Waals surface area contributed by atoms with E-state index in [0.717, 1.165) is 11.1 Å². The zero-order chi connectivity index (χ0) is 20.8. The first-order chi connectivity index (χ1) is 14.0. The third kappa shape index (κ3) is 5.17. The standard InChI is InChI=1S/C22H24N2O4S/c25-20(14-23-21(26)19(29)13-15-7-3-1-4-8-15)24-17(11-12-18(24)22(27)28)16-9-5-2-6-10-16/h1-10,17-19,29H,11-14H2,(H,23,26)(H,27,28)/t17?,18-,19?/m0/s1. The molecule has 6 nitrogen and oxygen atoms in total. The molecule has 1 fully saturated rings. The third-order valence-electron chi connectivity index (χ3n) is 5.13. The monoisotopic (exact) mass is 412 g/mol. The first kappa shape index (κ1) is 20.9. The predicted molar refractivity (Wildman–Crippen MR) is 113 cm³/mol. The molecule has 29 heavy (non-hydrogen) atoms. The van der Waals surface area contributed by atoms with Crippen molar-refractivity contribution < 1.29 is 19.5 Å². The molecule has 2 unspecified atom stereocenters. The molecule has 0 bridgehead atoms. The van der Waals surface area contributed by atoms with Crippen LogP contribution >= 0.6 is 12.6 Å². The molecule has 1 saturated heterocycles. The number of nitrogens with one attached hydrogen (secondary N) is 1. The van der Waals surface area contributed by atoms with Gasteiger partial charge < -0.3 is 15.3 Å². The van der Waals surface area contributed by atoms with Gasteiger partial charge in [0.05, 0.1) is 17.8 Å². The molecular formula is C22H24N2O4S. The zero-order valence-electron chi connectivity index (χ0n) is 15.9. The van der Waals surface area contributed by atoms with Crippen molar-refractivity contribution in [2.24, 2.45) is 0 Å². The Hall–Kier alpha value is -2.80. The highest BCUT2D eigenvalue weighted by Gasteiger charge is 2.41. The molecule has 0 aliphatic carbocycles. The van der Waals surface area contributed by atoms with Crippen molar-refractivity contribution in [3.05, 3.63) is 71.8 Å². The minimum atomic E-state index is -1.03. The average Bonchev–Trinajstić information content (AvgIpc) is 3.18. The lowest BCUT2D eigenvalue weighted by Gasteiger charge is -2.29. The summed E-state index contributed by atoms with van der Waals surface area (Å²) in [6, 6.07) is 17.7. The molecule has 2 aromatic rings. The van der Waals surface area contributed by atoms with Gasteiger partial charge >= 0.3 is 5.97 Å². The highest BCUT2D eigenvalue weighted by atomic mass is 32.1. The Morgan fingerprint density at radius 3 is 2.28 bits per heavy atom. The normalized spacial score (nSPS) is 19.6. The van der Waals surface area contributed by atoms with Crippen molar-refractivity contribution in [3.63, 3.8) is 0 Å². The van der Waals surface area contributed by atoms with Gasteiger partial charge in [-0.15, -0.1) is 0 Å². The van der Waals surface area contributed by atoms with E-state index in [4.69, 9.17) is 0 Å². The predicted octanol–water partition coefficient (Wildman–Crippen LogP) is 2.46. The van der Waals surface area contributed by atoms with Gasteiger partial charge in [0.1, 0.15) is 6.04 Å². The van der Waals surface area contributed by atoms with E-state index in [9.17, 15) is 19.5 Å². The Labute approximate surface area is 175 Å². The van der Waals surface area contributed by atoms with Gasteiger partial charge in [0, 0.05) is 0 Å². The van der Waals surface area contributed by atoms with Gasteiger partial charge in [-0.25, -0.2) is 4.79 Å². The number of carboxylic acid groups (broad SMARTS) is 1. The van der Waals surface area contributed by atoms with Crippen molar-refractivity contribution in [2.75, 3.05) is 6.54 Å². The van der Waals surface area contributed by atoms with Crippen molar-refractivity contribution in [1.29, 1.82) is 0 Å². The molecule has 1 heterocycles. The van der Waals surface area contributed by atoms with Gasteiger partial charge in [0.15, 0.2) is 0 Å². The third-order valence-corrected chi connectivity index (χ3v) is 5.55. The van der Waals surface area contributed by atoms with Crippen molar-refractivity contribution in [3.8, 4) is 0 Å². The van der Waals surface area contributed by atoms with Crippen LogP contribution in [0.1, 0.15) is 30.0 Å². The van der Waals surface area contributed by atoms with Crippen LogP contribution in [-0.4, -0.2) is 45.6 Å². The van der Waals surface area contributed by atoms with E-state index in [-0.39, 0.29) is 18.5 Å². The quantitative estimate of drug-likeness (QED) is 0.610. The van der Waals surface area contributed by atoms with Gasteiger partial charge in [-0.1, -0.05) is 60.7 Å². The summed E-state index contributed by atoms with van der Waals surface area (Å²) < 4.78 is 0. The second-order valence-electron chi connectivity index (χ2n) is 7.08. The van der Waals surface area contributed by atoms with Crippen LogP contribution in [0.2, 0.25) is 0 Å². The molecule has 3 rings (SSSR count). The average molecular weight is 413 g/mol. The summed E-state index contributed by atoms with van der Waals surface area (Å²) in [6.45, 7) is -0.252. The summed E-state index contributed by atoms with van der Waals surface area (Å²) in [7, 11) is 0. The highest BCUT2D eigenvalue weighted by molar-refractivity contribution is 7.81. The van der Waals surface area contributed by atoms with Crippen LogP contribution in [0.3, 0.4) is 0 Å². The molecular weight excluding hydrogens is 388 g/mol. The summed E-state index contributed by atoms with van der Waals surface area (Å²) >= 11 is 4.34. The van der Waals surface area contributed by atoms with Crippen LogP contribution < -0.4 is 5.32 Å². The van der Waals surface area contributed by atoms with Gasteiger partial charge in [-0.3, -0.25) is 9.59 Å². The molecule has 2 N–H and O–H groups in total. The number of nitrogens with zero attached hydrogens (tertiary/aromatic N) is 1. The van der Waals surface area contributed by atoms with Crippen LogP contribution in [-0.2, 0) is 20.8 Å². The maximum atomic E-state index is 12.9. The summed E-state index contributed by atoms with van der Waals surface area (Å²) in [5.41, 5.74) is 1.87. The summed E-state index contributed by atoms with van der Waals surface area (Å²) in [6.07, 6.45) is 1.40. The molecule has 0 aromatic heterocycles. The van der Waals surface area contributed by atoms with Crippen molar-refractivity contribution in [1.82, 2.24) is 10.2 Å². The highest BCUT2D eigenvalue weighted by Crippen LogP contribution is 2.36. The van der Waals surface area contributed by atoms with E-state index in [1.165, 1.54) is 4.90 Å². The number of aliphatic carboxylic acids is 1. The number of hydrogen-bond acceptors (Lipinski definition) is 4. The summed E-state index contributed by atoms with van der Waals surface area (Å²) in [4.78, 5) is 38.3. The van der Waals surface area contributed by atoms with E-state index in [1.54, 1.807) is 0 Å². The molecule has 1 aliphatic heterocycles. The fourth-order valence-corrected chi connectivity index (χ4v) is 4.01. The number of carbonyl (C=O) groups excluding carboxylic acids is 2. The van der Waals surface area contributed by atoms with E-state index < -0.39 is 23.2 Å². The Morgan fingerprint density at radius 2 is 1.66 bits per heavy atom. The number of hydrogen-bond donors (Lipinski definition) is 3. The van der Waals surface area contributed by atoms with Crippen LogP contribution in [0.5, 0.6) is 0 Å². The molecule has 152 valence electrons. The molecule has 3 atom stereocenters. The van der Waals surface area contributed by atoms with E-state index in [2.05, 4.69) is 17.9 Å². The van der Waals surface area contributed by atoms with Crippen LogP contribution in [0.25, 0.3) is 0 Å². The minimum absolute atomic E-state index is 0.252. The maximum Gasteiger partial charge on any atom is 0.326 e. The van der Waals surface area contributed by atoms with Gasteiger partial charge in [0.25, 0.3) is 0 Å². The molecule has 0 saturated carbocycles. The SMILES string of the molecule is O=C(NCC(=O)N1C(c2ccccc2)CC[C@H]1C(=O)O)C(S)Cc1ccccc1. The summed E-state index contributed by atoms with van der Waals surface area (Å²) in [5, 5.41) is 11.6. The van der Waals surface area contributed by atoms with Crippen molar-refractivity contribution in [2.45, 2.75) is 36.6 Å². The number of rotatable bonds is 7. The fourth-order valence-electron chi connectivity index (χ4n) is 3.71. The zero-order valence-corrected chi connectivity index (χ0v) is 16.8. The topological polar surface area (TPSA) is 86.7 Å². The number of likely N-dealkylation sites (tertiary alicyclic amines) is 1. The largest absolute Gasteiger partial charge is 0.480 e. The van der Waals surface area contributed by atoms with Gasteiger partial charge in [-0.2, -0.15) is 12.6 Å². The second kappa shape index (κ2) is 9.60. The summed E-state index contributed by atoms with van der Waals surface area (Å²) in [5.74, 6) is -1.79. The first-order valence-corrected chi connectivity index (χ1v) is 10.1. The molecule has 2 aromatic carbocycles. The number of amides is 2. The molecule has 0 spiro atoms. The van der Waals surface area contributed by atoms with Gasteiger partial charge in [0.2, 0.25) is 11.8 Å². The lowest BCUT2D eigenvalue weighted by molar-refractivity contribution is -0.149. The van der Waals surface area contributed by atoms with Crippen LogP contribution in [0.15, 0.2) is 60.7 Å². The number of thiol groups is 1. The second-order valence-corrected chi connectivity index (χ2v) is 7.71. The number of carbonyl (C=O) groups is 3. The minimum Gasteiger partial charge on any atom is -0.480 e. The van der Waals surface area contributed by atoms with E-state index in [1.807, 2.05) is 60.7 Å². The first-order valence-electron chi connectivity index (χ1n) is 9.56. The van der Waals surface area contributed by atoms with Gasteiger partial charge in [-0.05, 0) is 30.4 Å². The smallest absolute Gasteiger partial charge is 0.326 e. The van der Waals surface area contributed by atoms with Crippen LogP contribution in [0, 0.1) is 0 Å². The molecule has 7 heteroatoms. The lowest BCUT2D eigenvalue weighted by atomic mass is 10.0.